The fourth-order valence-corrected chi connectivity index (χ4v) is 0. The Balaban J connectivity index is 0. The molecule has 6 heavy (non-hydrogen) atoms. The van der Waals surface area contributed by atoms with Crippen LogP contribution in [0.3, 0.4) is 0 Å². The highest BCUT2D eigenvalue weighted by Crippen LogP contribution is 1.83. The Labute approximate surface area is 44.9 Å². The van der Waals surface area contributed by atoms with Gasteiger partial charge in [-0.05, 0) is 0 Å². The van der Waals surface area contributed by atoms with Crippen LogP contribution in [0, 0.1) is 0 Å². The average Bonchev–Trinajstić information content (AvgIpc) is 0.722. The molecular weight excluding hydrogens is 143 g/mol. The summed E-state index contributed by atoms with van der Waals surface area (Å²) < 4.78 is 18.8. The number of hydrogen-bond acceptors (Lipinski definition) is 2. The molecule has 2 nitrogen and oxygen atoms in total. The zero-order valence-corrected chi connectivity index (χ0v) is 6.30. The molecule has 0 heterocycles. The van der Waals surface area contributed by atoms with Crippen molar-refractivity contribution < 1.29 is 8.42 Å². The van der Waals surface area contributed by atoms with Gasteiger partial charge in [0, 0.05) is 10.7 Å². The van der Waals surface area contributed by atoms with E-state index < -0.39 is 9.05 Å². The van der Waals surface area contributed by atoms with Gasteiger partial charge in [0.15, 0.2) is 0 Å². The lowest BCUT2D eigenvalue weighted by atomic mass is 12.0. The van der Waals surface area contributed by atoms with Gasteiger partial charge in [-0.2, -0.15) is 9.90 Å². The summed E-state index contributed by atoms with van der Waals surface area (Å²) in [6.07, 6.45) is 0.925. The van der Waals surface area contributed by atoms with Crippen molar-refractivity contribution in [3.05, 3.63) is 0 Å². The third-order valence-corrected chi connectivity index (χ3v) is 0. The van der Waals surface area contributed by atoms with Crippen molar-refractivity contribution in [3.8, 4) is 0 Å². The molecule has 0 spiro atoms. The Morgan fingerprint density at radius 3 is 1.50 bits per heavy atom. The highest BCUT2D eigenvalue weighted by Gasteiger charge is 1.83. The monoisotopic (exact) mass is 148 g/mol. The van der Waals surface area contributed by atoms with Crippen molar-refractivity contribution in [2.45, 2.75) is 0 Å². The van der Waals surface area contributed by atoms with E-state index in [2.05, 4.69) is 10.7 Å². The highest BCUT2D eigenvalue weighted by atomic mass is 35.7. The summed E-state index contributed by atoms with van der Waals surface area (Å²) >= 11 is 0. The van der Waals surface area contributed by atoms with E-state index in [1.54, 1.807) is 0 Å². The molecule has 0 rings (SSSR count). The van der Waals surface area contributed by atoms with E-state index in [0.717, 1.165) is 6.26 Å². The minimum absolute atomic E-state index is 0. The Bertz CT molecular complexity index is 96.7. The first-order valence-electron chi connectivity index (χ1n) is 0.896. The van der Waals surface area contributed by atoms with Gasteiger partial charge in [0.25, 0.3) is 0 Å². The van der Waals surface area contributed by atoms with Crippen LogP contribution in [0.2, 0.25) is 0 Å². The van der Waals surface area contributed by atoms with Crippen LogP contribution in [0.25, 0.3) is 0 Å². The van der Waals surface area contributed by atoms with Crippen LogP contribution >= 0.6 is 20.6 Å². The Morgan fingerprint density at radius 2 is 1.50 bits per heavy atom. The van der Waals surface area contributed by atoms with Gasteiger partial charge in [0.1, 0.15) is 0 Å². The van der Waals surface area contributed by atoms with Crippen LogP contribution < -0.4 is 0 Å². The van der Waals surface area contributed by atoms with Crippen molar-refractivity contribution in [2.24, 2.45) is 0 Å². The maximum Gasteiger partial charge on any atom is 0.229 e. The molecular formula is CH6ClO2PS. The Hall–Kier alpha value is 0.670. The van der Waals surface area contributed by atoms with E-state index in [4.69, 9.17) is 0 Å². The summed E-state index contributed by atoms with van der Waals surface area (Å²) in [5, 5.41) is 0. The second-order valence-electron chi connectivity index (χ2n) is 0.682. The summed E-state index contributed by atoms with van der Waals surface area (Å²) in [6.45, 7) is 0. The van der Waals surface area contributed by atoms with Crippen LogP contribution in [-0.4, -0.2) is 14.7 Å². The smallest absolute Gasteiger partial charge is 0.213 e. The van der Waals surface area contributed by atoms with E-state index in [-0.39, 0.29) is 9.90 Å². The van der Waals surface area contributed by atoms with Gasteiger partial charge in [0.05, 0.1) is 6.26 Å². The fraction of sp³-hybridized carbons (Fsp3) is 1.00. The van der Waals surface area contributed by atoms with Gasteiger partial charge in [-0.3, -0.25) is 0 Å². The van der Waals surface area contributed by atoms with Crippen molar-refractivity contribution in [2.75, 3.05) is 6.26 Å². The molecule has 0 bridgehead atoms. The van der Waals surface area contributed by atoms with Gasteiger partial charge in [-0.1, -0.05) is 0 Å². The quantitative estimate of drug-likeness (QED) is 0.364. The molecule has 0 aromatic carbocycles. The molecule has 40 valence electrons. The number of hydrogen-bond donors (Lipinski definition) is 0. The normalized spacial score (nSPS) is 9.67. The molecule has 0 fully saturated rings. The summed E-state index contributed by atoms with van der Waals surface area (Å²) in [6, 6.07) is 0. The summed E-state index contributed by atoms with van der Waals surface area (Å²) in [7, 11) is 1.31. The van der Waals surface area contributed by atoms with Gasteiger partial charge in [-0.25, -0.2) is 8.42 Å². The lowest BCUT2D eigenvalue weighted by Crippen LogP contribution is -1.76. The summed E-state index contributed by atoms with van der Waals surface area (Å²) in [5.41, 5.74) is 0. The van der Waals surface area contributed by atoms with E-state index >= 15 is 0 Å². The zero-order valence-electron chi connectivity index (χ0n) is 3.31. The molecule has 5 heteroatoms. The van der Waals surface area contributed by atoms with Crippen LogP contribution in [0.5, 0.6) is 0 Å². The van der Waals surface area contributed by atoms with Crippen LogP contribution in [-0.2, 0) is 9.05 Å². The molecule has 0 aromatic rings. The molecule has 0 aliphatic carbocycles. The molecule has 0 aliphatic rings. The largest absolute Gasteiger partial charge is 0.229 e. The standard InChI is InChI=1S/CH3ClO2S.H3P/c1-5(2,3)4;/h1H3;1H3. The molecule has 0 N–H and O–H groups in total. The first-order chi connectivity index (χ1) is 2.00. The van der Waals surface area contributed by atoms with Crippen molar-refractivity contribution in [1.29, 1.82) is 0 Å². The lowest BCUT2D eigenvalue weighted by Gasteiger charge is -1.65. The zero-order chi connectivity index (χ0) is 4.50. The van der Waals surface area contributed by atoms with E-state index in [0.29, 0.717) is 0 Å². The van der Waals surface area contributed by atoms with E-state index in [9.17, 15) is 8.42 Å². The topological polar surface area (TPSA) is 34.1 Å². The summed E-state index contributed by atoms with van der Waals surface area (Å²) in [5.74, 6) is 0. The van der Waals surface area contributed by atoms with Crippen LogP contribution in [0.4, 0.5) is 0 Å². The minimum Gasteiger partial charge on any atom is -0.213 e. The molecule has 1 unspecified atom stereocenters. The van der Waals surface area contributed by atoms with Gasteiger partial charge in [0.2, 0.25) is 9.05 Å². The molecule has 1 atom stereocenters. The minimum atomic E-state index is -3.19. The van der Waals surface area contributed by atoms with Gasteiger partial charge < -0.3 is 0 Å². The third-order valence-electron chi connectivity index (χ3n) is 0. The van der Waals surface area contributed by atoms with Gasteiger partial charge >= 0.3 is 0 Å². The van der Waals surface area contributed by atoms with E-state index in [1.165, 1.54) is 0 Å². The molecule has 0 radical (unpaired) electrons. The first kappa shape index (κ1) is 9.83. The molecule has 0 saturated carbocycles. The molecule has 0 aliphatic heterocycles. The van der Waals surface area contributed by atoms with Gasteiger partial charge in [-0.15, -0.1) is 0 Å². The molecule has 0 amide bonds. The average molecular weight is 149 g/mol. The lowest BCUT2D eigenvalue weighted by molar-refractivity contribution is 0.615. The fourth-order valence-electron chi connectivity index (χ4n) is 0. The van der Waals surface area contributed by atoms with E-state index in [1.807, 2.05) is 0 Å². The first-order valence-corrected chi connectivity index (χ1v) is 3.61. The SMILES string of the molecule is CS(=O)(=O)Cl.P. The predicted molar refractivity (Wildman–Crippen MR) is 31.8 cm³/mol. The Kier molecular flexibility index (Phi) is 4.55. The third kappa shape index (κ3) is 140. The van der Waals surface area contributed by atoms with Crippen molar-refractivity contribution in [3.63, 3.8) is 0 Å². The van der Waals surface area contributed by atoms with Crippen LogP contribution in [0.1, 0.15) is 0 Å². The molecule has 0 aromatic heterocycles. The second kappa shape index (κ2) is 2.78. The maximum absolute atomic E-state index is 9.40. The van der Waals surface area contributed by atoms with Crippen molar-refractivity contribution >= 4 is 29.6 Å². The number of halogens is 1. The molecule has 0 saturated heterocycles. The van der Waals surface area contributed by atoms with Crippen LogP contribution in [0.15, 0.2) is 0 Å². The highest BCUT2D eigenvalue weighted by molar-refractivity contribution is 8.13. The predicted octanol–water partition coefficient (Wildman–Crippen LogP) is 0.243. The Morgan fingerprint density at radius 1 is 1.50 bits per heavy atom. The van der Waals surface area contributed by atoms with Crippen molar-refractivity contribution in [1.82, 2.24) is 0 Å². The summed E-state index contributed by atoms with van der Waals surface area (Å²) in [4.78, 5) is 0. The number of rotatable bonds is 0. The second-order valence-corrected chi connectivity index (χ2v) is 3.73. The maximum atomic E-state index is 9.40.